The van der Waals surface area contributed by atoms with E-state index in [-0.39, 0.29) is 11.3 Å². The zero-order valence-corrected chi connectivity index (χ0v) is 18.9. The number of aromatic nitrogens is 2. The van der Waals surface area contributed by atoms with Crippen molar-refractivity contribution in [1.82, 2.24) is 15.5 Å². The summed E-state index contributed by atoms with van der Waals surface area (Å²) >= 11 is 1.45. The van der Waals surface area contributed by atoms with Gasteiger partial charge in [0.05, 0.1) is 27.2 Å². The fourth-order valence-electron chi connectivity index (χ4n) is 3.22. The lowest BCUT2D eigenvalue weighted by Crippen LogP contribution is -2.37. The molecule has 2 N–H and O–H groups in total. The minimum atomic E-state index is -0.767. The number of carbonyl (C=O) groups is 3. The molecule has 0 atom stereocenters. The standard InChI is InChI=1S/C23H20N4O5S/c1-12-6-4-7-16(13(12)2)25-23(30)26-19(28)11-31-22(29)15-10-17(18-8-5-9-33-18)24-21-20(15)14(3)27-32-21/h4-10H,11H2,1-3H3,(H2,25,26,28,30). The summed E-state index contributed by atoms with van der Waals surface area (Å²) in [6.45, 7) is 4.82. The first-order valence-electron chi connectivity index (χ1n) is 9.98. The third-order valence-corrected chi connectivity index (χ3v) is 5.94. The van der Waals surface area contributed by atoms with Gasteiger partial charge in [-0.25, -0.2) is 14.6 Å². The molecule has 33 heavy (non-hydrogen) atoms. The van der Waals surface area contributed by atoms with Gasteiger partial charge in [-0.05, 0) is 55.5 Å². The highest BCUT2D eigenvalue weighted by Gasteiger charge is 2.22. The molecule has 4 aromatic rings. The first kappa shape index (κ1) is 22.2. The Bertz CT molecular complexity index is 1360. The summed E-state index contributed by atoms with van der Waals surface area (Å²) in [7, 11) is 0. The molecule has 3 heterocycles. The Morgan fingerprint density at radius 1 is 1.12 bits per heavy atom. The quantitative estimate of drug-likeness (QED) is 0.420. The first-order valence-corrected chi connectivity index (χ1v) is 10.9. The van der Waals surface area contributed by atoms with Crippen LogP contribution in [-0.4, -0.2) is 34.7 Å². The number of pyridine rings is 1. The number of fused-ring (bicyclic) bond motifs is 1. The lowest BCUT2D eigenvalue weighted by atomic mass is 10.1. The number of benzene rings is 1. The number of amides is 3. The Kier molecular flexibility index (Phi) is 6.18. The molecule has 1 aromatic carbocycles. The number of rotatable bonds is 5. The van der Waals surface area contributed by atoms with Crippen LogP contribution in [0.25, 0.3) is 21.7 Å². The smallest absolute Gasteiger partial charge is 0.339 e. The van der Waals surface area contributed by atoms with Gasteiger partial charge in [-0.2, -0.15) is 0 Å². The van der Waals surface area contributed by atoms with Crippen LogP contribution in [0.2, 0.25) is 0 Å². The zero-order chi connectivity index (χ0) is 23.5. The molecule has 168 valence electrons. The van der Waals surface area contributed by atoms with Gasteiger partial charge in [0, 0.05) is 5.69 Å². The molecule has 0 fully saturated rings. The topological polar surface area (TPSA) is 123 Å². The highest BCUT2D eigenvalue weighted by molar-refractivity contribution is 7.13. The van der Waals surface area contributed by atoms with Crippen LogP contribution >= 0.6 is 11.3 Å². The summed E-state index contributed by atoms with van der Waals surface area (Å²) in [4.78, 5) is 42.4. The van der Waals surface area contributed by atoms with Crippen LogP contribution in [0, 0.1) is 20.8 Å². The molecule has 0 unspecified atom stereocenters. The van der Waals surface area contributed by atoms with E-state index in [1.54, 1.807) is 25.1 Å². The summed E-state index contributed by atoms with van der Waals surface area (Å²) in [6, 6.07) is 10.0. The Balaban J connectivity index is 1.44. The molecule has 0 aliphatic heterocycles. The number of anilines is 1. The van der Waals surface area contributed by atoms with Crippen LogP contribution in [-0.2, 0) is 9.53 Å². The van der Waals surface area contributed by atoms with Crippen molar-refractivity contribution in [2.24, 2.45) is 0 Å². The van der Waals surface area contributed by atoms with Crippen molar-refractivity contribution >= 4 is 46.0 Å². The Hall–Kier alpha value is -4.05. The van der Waals surface area contributed by atoms with E-state index in [1.165, 1.54) is 11.3 Å². The van der Waals surface area contributed by atoms with Crippen LogP contribution in [0.4, 0.5) is 10.5 Å². The molecule has 9 nitrogen and oxygen atoms in total. The van der Waals surface area contributed by atoms with E-state index in [2.05, 4.69) is 20.8 Å². The second-order valence-electron chi connectivity index (χ2n) is 7.31. The summed E-state index contributed by atoms with van der Waals surface area (Å²) in [5.41, 5.74) is 3.84. The van der Waals surface area contributed by atoms with Crippen molar-refractivity contribution in [2.45, 2.75) is 20.8 Å². The van der Waals surface area contributed by atoms with Gasteiger partial charge in [-0.15, -0.1) is 11.3 Å². The largest absolute Gasteiger partial charge is 0.452 e. The number of urea groups is 1. The number of carbonyl (C=O) groups excluding carboxylic acids is 3. The predicted octanol–water partition coefficient (Wildman–Crippen LogP) is 4.38. The minimum absolute atomic E-state index is 0.176. The minimum Gasteiger partial charge on any atom is -0.452 e. The summed E-state index contributed by atoms with van der Waals surface area (Å²) in [5.74, 6) is -1.52. The van der Waals surface area contributed by atoms with Crippen molar-refractivity contribution in [1.29, 1.82) is 0 Å². The molecule has 0 aliphatic rings. The second kappa shape index (κ2) is 9.21. The summed E-state index contributed by atoms with van der Waals surface area (Å²) < 4.78 is 10.4. The third-order valence-electron chi connectivity index (χ3n) is 5.05. The number of ether oxygens (including phenoxy) is 1. The highest BCUT2D eigenvalue weighted by atomic mass is 32.1. The number of nitrogens with zero attached hydrogens (tertiary/aromatic N) is 2. The van der Waals surface area contributed by atoms with E-state index < -0.39 is 24.5 Å². The van der Waals surface area contributed by atoms with E-state index in [4.69, 9.17) is 9.26 Å². The Morgan fingerprint density at radius 2 is 1.94 bits per heavy atom. The molecule has 3 aromatic heterocycles. The molecule has 0 radical (unpaired) electrons. The lowest BCUT2D eigenvalue weighted by Gasteiger charge is -2.11. The second-order valence-corrected chi connectivity index (χ2v) is 8.25. The maximum atomic E-state index is 12.8. The monoisotopic (exact) mass is 464 g/mol. The summed E-state index contributed by atoms with van der Waals surface area (Å²) in [6.07, 6.45) is 0. The van der Waals surface area contributed by atoms with E-state index >= 15 is 0 Å². The normalized spacial score (nSPS) is 10.8. The van der Waals surface area contributed by atoms with Crippen LogP contribution in [0.15, 0.2) is 46.3 Å². The van der Waals surface area contributed by atoms with Crippen LogP contribution in [0.1, 0.15) is 27.2 Å². The molecule has 0 saturated carbocycles. The average Bonchev–Trinajstić information content (AvgIpc) is 3.45. The van der Waals surface area contributed by atoms with E-state index in [0.717, 1.165) is 16.0 Å². The first-order chi connectivity index (χ1) is 15.8. The van der Waals surface area contributed by atoms with Gasteiger partial charge in [0.2, 0.25) is 0 Å². The van der Waals surface area contributed by atoms with Gasteiger partial charge in [0.25, 0.3) is 11.6 Å². The highest BCUT2D eigenvalue weighted by Crippen LogP contribution is 2.29. The van der Waals surface area contributed by atoms with Crippen molar-refractivity contribution in [3.05, 3.63) is 64.2 Å². The Morgan fingerprint density at radius 3 is 2.70 bits per heavy atom. The van der Waals surface area contributed by atoms with Crippen molar-refractivity contribution in [2.75, 3.05) is 11.9 Å². The fourth-order valence-corrected chi connectivity index (χ4v) is 3.90. The van der Waals surface area contributed by atoms with Gasteiger partial charge >= 0.3 is 12.0 Å². The number of aryl methyl sites for hydroxylation is 2. The van der Waals surface area contributed by atoms with Gasteiger partial charge in [-0.1, -0.05) is 23.4 Å². The number of nitrogens with one attached hydrogen (secondary N) is 2. The SMILES string of the molecule is Cc1cccc(NC(=O)NC(=O)COC(=O)c2cc(-c3cccs3)nc3onc(C)c23)c1C. The third kappa shape index (κ3) is 4.75. The van der Waals surface area contributed by atoms with Gasteiger partial charge < -0.3 is 14.6 Å². The number of esters is 1. The molecule has 0 saturated heterocycles. The molecular weight excluding hydrogens is 444 g/mol. The molecule has 0 spiro atoms. The predicted molar refractivity (Wildman–Crippen MR) is 123 cm³/mol. The maximum Gasteiger partial charge on any atom is 0.339 e. The molecular formula is C23H20N4O5S. The fraction of sp³-hybridized carbons (Fsp3) is 0.174. The van der Waals surface area contributed by atoms with Crippen molar-refractivity contribution < 1.29 is 23.6 Å². The molecule has 3 amide bonds. The molecule has 0 aliphatic carbocycles. The van der Waals surface area contributed by atoms with Gasteiger partial charge in [0.1, 0.15) is 0 Å². The maximum absolute atomic E-state index is 12.8. The van der Waals surface area contributed by atoms with E-state index in [1.807, 2.05) is 37.4 Å². The number of thiophene rings is 1. The van der Waals surface area contributed by atoms with Crippen molar-refractivity contribution in [3.8, 4) is 10.6 Å². The van der Waals surface area contributed by atoms with Crippen LogP contribution in [0.5, 0.6) is 0 Å². The van der Waals surface area contributed by atoms with Gasteiger partial charge in [-0.3, -0.25) is 10.1 Å². The number of hydrogen-bond donors (Lipinski definition) is 2. The zero-order valence-electron chi connectivity index (χ0n) is 18.1. The van der Waals surface area contributed by atoms with Crippen LogP contribution in [0.3, 0.4) is 0 Å². The van der Waals surface area contributed by atoms with Crippen molar-refractivity contribution in [3.63, 3.8) is 0 Å². The van der Waals surface area contributed by atoms with E-state index in [0.29, 0.717) is 22.5 Å². The average molecular weight is 465 g/mol. The Labute approximate surface area is 192 Å². The number of imide groups is 1. The van der Waals surface area contributed by atoms with E-state index in [9.17, 15) is 14.4 Å². The van der Waals surface area contributed by atoms with Gasteiger partial charge in [0.15, 0.2) is 6.61 Å². The summed E-state index contributed by atoms with van der Waals surface area (Å²) in [5, 5.41) is 10.9. The molecule has 10 heteroatoms. The molecule has 0 bridgehead atoms. The molecule has 4 rings (SSSR count). The van der Waals surface area contributed by atoms with Crippen LogP contribution < -0.4 is 10.6 Å². The number of hydrogen-bond acceptors (Lipinski definition) is 8. The lowest BCUT2D eigenvalue weighted by molar-refractivity contribution is -0.123.